The first-order valence-corrected chi connectivity index (χ1v) is 14.7. The van der Waals surface area contributed by atoms with E-state index < -0.39 is 5.97 Å². The molecule has 7 rings (SSSR count). The van der Waals surface area contributed by atoms with Gasteiger partial charge in [-0.05, 0) is 84.0 Å². The number of fused-ring (bicyclic) bond motifs is 3. The van der Waals surface area contributed by atoms with Crippen LogP contribution >= 0.6 is 11.3 Å². The Morgan fingerprint density at radius 3 is 2.83 bits per heavy atom. The van der Waals surface area contributed by atoms with Crippen LogP contribution in [0.5, 0.6) is 11.6 Å². The Labute approximate surface area is 241 Å². The van der Waals surface area contributed by atoms with E-state index in [2.05, 4.69) is 50.7 Å². The maximum absolute atomic E-state index is 12.2. The fraction of sp³-hybridized carbons (Fsp3) is 0.355. The number of pyridine rings is 1. The van der Waals surface area contributed by atoms with Crippen molar-refractivity contribution >= 4 is 38.4 Å². The second-order valence-electron chi connectivity index (χ2n) is 11.4. The van der Waals surface area contributed by atoms with Gasteiger partial charge in [-0.3, -0.25) is 9.69 Å². The van der Waals surface area contributed by atoms with E-state index in [0.717, 1.165) is 63.0 Å². The minimum atomic E-state index is -0.850. The molecule has 0 amide bonds. The molecular weight excluding hydrogens is 538 g/mol. The zero-order chi connectivity index (χ0) is 28.5. The molecule has 2 atom stereocenters. The normalized spacial score (nSPS) is 18.8. The molecule has 2 aromatic carbocycles. The largest absolute Gasteiger partial charge is 0.493 e. The number of benzene rings is 2. The molecule has 0 radical (unpaired) electrons. The van der Waals surface area contributed by atoms with Crippen molar-refractivity contribution in [3.8, 4) is 11.6 Å². The summed E-state index contributed by atoms with van der Waals surface area (Å²) < 4.78 is 9.41. The number of hydrogen-bond acceptors (Lipinski definition) is 8. The summed E-state index contributed by atoms with van der Waals surface area (Å²) in [5.74, 6) is -0.472. The van der Waals surface area contributed by atoms with Crippen LogP contribution < -0.4 is 4.74 Å². The summed E-state index contributed by atoms with van der Waals surface area (Å²) in [6.45, 7) is 5.40. The minimum absolute atomic E-state index is 0.0127. The molecule has 0 saturated heterocycles. The predicted molar refractivity (Wildman–Crippen MR) is 156 cm³/mol. The van der Waals surface area contributed by atoms with Gasteiger partial charge in [0, 0.05) is 42.9 Å². The highest BCUT2D eigenvalue weighted by Crippen LogP contribution is 2.49. The molecule has 9 nitrogen and oxygen atoms in total. The van der Waals surface area contributed by atoms with Crippen LogP contribution in [0.3, 0.4) is 0 Å². The fourth-order valence-electron chi connectivity index (χ4n) is 6.41. The van der Waals surface area contributed by atoms with Crippen molar-refractivity contribution < 1.29 is 19.7 Å². The maximum Gasteiger partial charge on any atom is 0.304 e. The van der Waals surface area contributed by atoms with E-state index in [1.807, 2.05) is 32.2 Å². The second kappa shape index (κ2) is 9.53. The third-order valence-corrected chi connectivity index (χ3v) is 9.90. The fourth-order valence-corrected chi connectivity index (χ4v) is 7.30. The highest BCUT2D eigenvalue weighted by Gasteiger charge is 2.54. The van der Waals surface area contributed by atoms with Gasteiger partial charge < -0.3 is 14.9 Å². The molecule has 5 aromatic rings. The van der Waals surface area contributed by atoms with Gasteiger partial charge in [-0.15, -0.1) is 16.4 Å². The summed E-state index contributed by atoms with van der Waals surface area (Å²) in [6, 6.07) is 14.0. The van der Waals surface area contributed by atoms with E-state index in [9.17, 15) is 15.0 Å². The molecule has 4 heterocycles. The molecule has 2 N–H and O–H groups in total. The third kappa shape index (κ3) is 4.42. The molecule has 210 valence electrons. The summed E-state index contributed by atoms with van der Waals surface area (Å²) in [6.07, 6.45) is 1.92. The first kappa shape index (κ1) is 25.9. The van der Waals surface area contributed by atoms with Crippen LogP contribution in [0.4, 0.5) is 0 Å². The van der Waals surface area contributed by atoms with E-state index in [0.29, 0.717) is 13.1 Å². The predicted octanol–water partition coefficient (Wildman–Crippen LogP) is 5.51. The van der Waals surface area contributed by atoms with Crippen LogP contribution in [0.1, 0.15) is 60.1 Å². The molecule has 1 aliphatic heterocycles. The Bertz CT molecular complexity index is 1820. The van der Waals surface area contributed by atoms with Gasteiger partial charge in [-0.1, -0.05) is 17.3 Å². The Hall–Kier alpha value is -4.02. The molecule has 1 saturated carbocycles. The lowest BCUT2D eigenvalue weighted by atomic mass is 9.84. The van der Waals surface area contributed by atoms with Crippen molar-refractivity contribution in [2.45, 2.75) is 63.8 Å². The van der Waals surface area contributed by atoms with E-state index in [4.69, 9.17) is 4.74 Å². The molecule has 0 bridgehead atoms. The van der Waals surface area contributed by atoms with Crippen molar-refractivity contribution in [3.05, 3.63) is 75.8 Å². The van der Waals surface area contributed by atoms with Crippen LogP contribution in [0.15, 0.2) is 47.8 Å². The Morgan fingerprint density at radius 2 is 2.05 bits per heavy atom. The lowest BCUT2D eigenvalue weighted by molar-refractivity contribution is -0.137. The van der Waals surface area contributed by atoms with Crippen LogP contribution in [-0.2, 0) is 24.9 Å². The van der Waals surface area contributed by atoms with Crippen molar-refractivity contribution in [2.75, 3.05) is 0 Å². The highest BCUT2D eigenvalue weighted by molar-refractivity contribution is 7.17. The van der Waals surface area contributed by atoms with Crippen molar-refractivity contribution in [1.82, 2.24) is 24.9 Å². The van der Waals surface area contributed by atoms with Gasteiger partial charge in [0.2, 0.25) is 5.88 Å². The quantitative estimate of drug-likeness (QED) is 0.275. The number of nitrogens with zero attached hydrogens (tertiary/aromatic N) is 5. The molecule has 1 spiro atoms. The Kier molecular flexibility index (Phi) is 6.02. The number of aryl methyl sites for hydroxylation is 2. The third-order valence-electron chi connectivity index (χ3n) is 8.90. The van der Waals surface area contributed by atoms with Crippen LogP contribution in [0.2, 0.25) is 0 Å². The van der Waals surface area contributed by atoms with Gasteiger partial charge in [-0.25, -0.2) is 9.67 Å². The molecule has 2 aliphatic rings. The number of thiophene rings is 1. The first-order chi connectivity index (χ1) is 19.7. The minimum Gasteiger partial charge on any atom is -0.493 e. The number of hydrogen-bond donors (Lipinski definition) is 2. The number of carbonyl (C=O) groups is 1. The van der Waals surface area contributed by atoms with Gasteiger partial charge in [0.25, 0.3) is 0 Å². The summed E-state index contributed by atoms with van der Waals surface area (Å²) in [5, 5.41) is 31.8. The van der Waals surface area contributed by atoms with E-state index in [1.165, 1.54) is 4.70 Å². The number of aromatic nitrogens is 4. The molecule has 10 heteroatoms. The molecule has 1 fully saturated rings. The van der Waals surface area contributed by atoms with Crippen LogP contribution in [0.25, 0.3) is 21.1 Å². The van der Waals surface area contributed by atoms with Gasteiger partial charge in [0.1, 0.15) is 22.6 Å². The Morgan fingerprint density at radius 1 is 1.22 bits per heavy atom. The molecule has 0 unspecified atom stereocenters. The number of ether oxygens (including phenoxy) is 1. The number of aliphatic carboxylic acids is 1. The average molecular weight is 570 g/mol. The molecular formula is C31H31N5O4S. The lowest BCUT2D eigenvalue weighted by Crippen LogP contribution is -2.43. The zero-order valence-corrected chi connectivity index (χ0v) is 24.0. The monoisotopic (exact) mass is 569 g/mol. The Balaban J connectivity index is 1.32. The van der Waals surface area contributed by atoms with Crippen LogP contribution in [-0.4, -0.2) is 52.7 Å². The number of carboxylic acids is 1. The SMILES string of the molecule is Cc1c([C@H](CC(=O)O)c2cc(CN3Cc4nc(O)ccc4OC4(CC4)[C@H]3C)c3sccc3c2)ccc2c1nnn2C. The van der Waals surface area contributed by atoms with Gasteiger partial charge in [0.05, 0.1) is 11.9 Å². The van der Waals surface area contributed by atoms with Crippen molar-refractivity contribution in [1.29, 1.82) is 0 Å². The lowest BCUT2D eigenvalue weighted by Gasteiger charge is -2.32. The molecule has 41 heavy (non-hydrogen) atoms. The first-order valence-electron chi connectivity index (χ1n) is 13.8. The van der Waals surface area contributed by atoms with Crippen molar-refractivity contribution in [3.63, 3.8) is 0 Å². The summed E-state index contributed by atoms with van der Waals surface area (Å²) in [7, 11) is 1.86. The summed E-state index contributed by atoms with van der Waals surface area (Å²) in [4.78, 5) is 19.0. The summed E-state index contributed by atoms with van der Waals surface area (Å²) >= 11 is 1.70. The highest BCUT2D eigenvalue weighted by atomic mass is 32.1. The number of aromatic hydroxyl groups is 1. The smallest absolute Gasteiger partial charge is 0.304 e. The number of carboxylic acid groups (broad SMARTS) is 1. The maximum atomic E-state index is 12.2. The zero-order valence-electron chi connectivity index (χ0n) is 23.2. The van der Waals surface area contributed by atoms with Gasteiger partial charge >= 0.3 is 5.97 Å². The second-order valence-corrected chi connectivity index (χ2v) is 12.3. The summed E-state index contributed by atoms with van der Waals surface area (Å²) in [5.41, 5.74) is 6.19. The van der Waals surface area contributed by atoms with Gasteiger partial charge in [-0.2, -0.15) is 0 Å². The van der Waals surface area contributed by atoms with E-state index in [-0.39, 0.29) is 29.9 Å². The average Bonchev–Trinajstić information content (AvgIpc) is 3.41. The van der Waals surface area contributed by atoms with Crippen molar-refractivity contribution in [2.24, 2.45) is 7.05 Å². The molecule has 1 aliphatic carbocycles. The topological polar surface area (TPSA) is 114 Å². The molecule has 3 aromatic heterocycles. The standard InChI is InChI=1S/C31H31N5O4S/c1-17-22(4-5-25-29(17)33-34-35(25)3)23(14-28(38)39)20-12-19-8-11-41-30(19)21(13-20)15-36-16-24-26(6-7-27(37)32-24)40-31(9-10-31)18(36)2/h4-8,11-13,18,23H,9-10,14-16H2,1-3H3,(H,32,37)(H,38,39)/t18-,23-/m1/s1. The van der Waals surface area contributed by atoms with E-state index in [1.54, 1.807) is 22.1 Å². The number of rotatable bonds is 6. The van der Waals surface area contributed by atoms with Gasteiger partial charge in [0.15, 0.2) is 0 Å². The van der Waals surface area contributed by atoms with E-state index >= 15 is 0 Å². The van der Waals surface area contributed by atoms with Crippen LogP contribution in [0, 0.1) is 6.92 Å².